The summed E-state index contributed by atoms with van der Waals surface area (Å²) in [6.07, 6.45) is 6.01. The molecule has 7 heteroatoms. The topological polar surface area (TPSA) is 63.6 Å². The first-order chi connectivity index (χ1) is 12.6. The maximum Gasteiger partial charge on any atom is 0.274 e. The third-order valence-corrected chi connectivity index (χ3v) is 5.43. The van der Waals surface area contributed by atoms with Crippen LogP contribution < -0.4 is 0 Å². The van der Waals surface area contributed by atoms with E-state index in [2.05, 4.69) is 45.1 Å². The normalized spacial score (nSPS) is 17.0. The fourth-order valence-corrected chi connectivity index (χ4v) is 3.96. The van der Waals surface area contributed by atoms with Crippen LogP contribution in [0, 0.1) is 0 Å². The van der Waals surface area contributed by atoms with Crippen molar-refractivity contribution in [2.24, 2.45) is 0 Å². The highest BCUT2D eigenvalue weighted by Crippen LogP contribution is 2.33. The molecule has 1 atom stereocenters. The van der Waals surface area contributed by atoms with E-state index in [1.54, 1.807) is 29.2 Å². The van der Waals surface area contributed by atoms with Gasteiger partial charge >= 0.3 is 0 Å². The van der Waals surface area contributed by atoms with Crippen LogP contribution in [0.3, 0.4) is 0 Å². The molecule has 0 bridgehead atoms. The minimum atomic E-state index is -0.0793. The molecule has 5 rings (SSSR count). The first-order valence-corrected chi connectivity index (χ1v) is 9.21. The van der Waals surface area contributed by atoms with Crippen molar-refractivity contribution in [3.05, 3.63) is 64.2 Å². The summed E-state index contributed by atoms with van der Waals surface area (Å²) in [4.78, 5) is 19.2. The highest BCUT2D eigenvalue weighted by Gasteiger charge is 2.30. The van der Waals surface area contributed by atoms with Gasteiger partial charge in [0.15, 0.2) is 11.3 Å². The maximum absolute atomic E-state index is 13.1. The Kier molecular flexibility index (Phi) is 3.40. The first kappa shape index (κ1) is 15.6. The third kappa shape index (κ3) is 2.34. The second-order valence-corrected chi connectivity index (χ2v) is 7.45. The Morgan fingerprint density at radius 1 is 1.35 bits per heavy atom. The molecule has 4 heterocycles. The summed E-state index contributed by atoms with van der Waals surface area (Å²) in [5, 5.41) is 5.50. The van der Waals surface area contributed by atoms with E-state index in [0.717, 1.165) is 27.4 Å². The van der Waals surface area contributed by atoms with Crippen molar-refractivity contribution in [3.63, 3.8) is 0 Å². The van der Waals surface area contributed by atoms with Crippen LogP contribution in [0.1, 0.15) is 34.6 Å². The van der Waals surface area contributed by atoms with Gasteiger partial charge in [-0.05, 0) is 58.6 Å². The van der Waals surface area contributed by atoms with E-state index in [-0.39, 0.29) is 11.9 Å². The van der Waals surface area contributed by atoms with E-state index < -0.39 is 0 Å². The van der Waals surface area contributed by atoms with E-state index in [1.165, 1.54) is 5.56 Å². The molecule has 4 aromatic rings. The second kappa shape index (κ2) is 5.67. The molecule has 3 aromatic heterocycles. The summed E-state index contributed by atoms with van der Waals surface area (Å²) in [6, 6.07) is 7.88. The summed E-state index contributed by atoms with van der Waals surface area (Å²) < 4.78 is 7.96. The minimum absolute atomic E-state index is 0.0368. The number of hydrogen-bond donors (Lipinski definition) is 0. The monoisotopic (exact) mass is 410 g/mol. The molecule has 1 aromatic carbocycles. The number of halogens is 1. The van der Waals surface area contributed by atoms with Gasteiger partial charge in [0.05, 0.1) is 16.8 Å². The largest absolute Gasteiger partial charge is 0.464 e. The average molecular weight is 411 g/mol. The SMILES string of the molecule is CC1c2cc3occc3cc2CCN1C(=O)c1cc2ncc(Br)cn2n1. The predicted octanol–water partition coefficient (Wildman–Crippen LogP) is 4.00. The quantitative estimate of drug-likeness (QED) is 0.475. The molecular formula is C19H15BrN4O2. The van der Waals surface area contributed by atoms with Crippen LogP contribution in [0.15, 0.2) is 51.8 Å². The third-order valence-electron chi connectivity index (χ3n) is 5.02. The highest BCUT2D eigenvalue weighted by molar-refractivity contribution is 9.10. The molecule has 0 fully saturated rings. The van der Waals surface area contributed by atoms with Crippen LogP contribution in [0.4, 0.5) is 0 Å². The minimum Gasteiger partial charge on any atom is -0.464 e. The lowest BCUT2D eigenvalue weighted by Crippen LogP contribution is -2.39. The summed E-state index contributed by atoms with van der Waals surface area (Å²) >= 11 is 3.37. The van der Waals surface area contributed by atoms with Gasteiger partial charge in [-0.25, -0.2) is 9.50 Å². The molecule has 0 spiro atoms. The van der Waals surface area contributed by atoms with Gasteiger partial charge in [0, 0.05) is 30.4 Å². The van der Waals surface area contributed by atoms with Crippen molar-refractivity contribution in [1.29, 1.82) is 0 Å². The molecule has 0 radical (unpaired) electrons. The molecule has 0 N–H and O–H groups in total. The van der Waals surface area contributed by atoms with Crippen LogP contribution in [-0.2, 0) is 6.42 Å². The number of benzene rings is 1. The first-order valence-electron chi connectivity index (χ1n) is 8.42. The van der Waals surface area contributed by atoms with Crippen LogP contribution in [0.5, 0.6) is 0 Å². The fourth-order valence-electron chi connectivity index (χ4n) is 3.66. The number of amides is 1. The Balaban J connectivity index is 1.52. The number of carbonyl (C=O) groups is 1. The van der Waals surface area contributed by atoms with Crippen LogP contribution in [-0.4, -0.2) is 31.9 Å². The summed E-state index contributed by atoms with van der Waals surface area (Å²) in [5.41, 5.74) is 4.32. The molecule has 6 nitrogen and oxygen atoms in total. The molecular weight excluding hydrogens is 396 g/mol. The van der Waals surface area contributed by atoms with Gasteiger partial charge in [0.25, 0.3) is 5.91 Å². The summed E-state index contributed by atoms with van der Waals surface area (Å²) in [6.45, 7) is 2.72. The van der Waals surface area contributed by atoms with Crippen molar-refractivity contribution in [2.75, 3.05) is 6.54 Å². The molecule has 1 aliphatic rings. The van der Waals surface area contributed by atoms with Gasteiger partial charge < -0.3 is 9.32 Å². The molecule has 0 aliphatic carbocycles. The number of aromatic nitrogens is 3. The van der Waals surface area contributed by atoms with Gasteiger partial charge in [0.2, 0.25) is 0 Å². The van der Waals surface area contributed by atoms with Gasteiger partial charge in [-0.1, -0.05) is 0 Å². The van der Waals surface area contributed by atoms with Crippen molar-refractivity contribution in [1.82, 2.24) is 19.5 Å². The van der Waals surface area contributed by atoms with Crippen molar-refractivity contribution in [3.8, 4) is 0 Å². The highest BCUT2D eigenvalue weighted by atomic mass is 79.9. The molecule has 1 unspecified atom stereocenters. The zero-order valence-corrected chi connectivity index (χ0v) is 15.6. The number of nitrogens with zero attached hydrogens (tertiary/aromatic N) is 4. The van der Waals surface area contributed by atoms with E-state index in [1.807, 2.05) is 11.0 Å². The zero-order valence-electron chi connectivity index (χ0n) is 14.0. The lowest BCUT2D eigenvalue weighted by atomic mass is 9.92. The lowest BCUT2D eigenvalue weighted by Gasteiger charge is -2.34. The lowest BCUT2D eigenvalue weighted by molar-refractivity contribution is 0.0671. The summed E-state index contributed by atoms with van der Waals surface area (Å²) in [5.74, 6) is -0.0793. The van der Waals surface area contributed by atoms with Gasteiger partial charge in [-0.15, -0.1) is 0 Å². The fraction of sp³-hybridized carbons (Fsp3) is 0.211. The number of rotatable bonds is 1. The molecule has 1 amide bonds. The Morgan fingerprint density at radius 3 is 3.12 bits per heavy atom. The van der Waals surface area contributed by atoms with E-state index in [4.69, 9.17) is 4.42 Å². The molecule has 130 valence electrons. The molecule has 0 saturated carbocycles. The standard InChI is InChI=1S/C19H15BrN4O2/c1-11-15-7-17-13(3-5-26-17)6-12(15)2-4-23(11)19(25)16-8-18-21-9-14(20)10-24(18)22-16/h3,5-11H,2,4H2,1H3. The van der Waals surface area contributed by atoms with Crippen molar-refractivity contribution < 1.29 is 9.21 Å². The Bertz CT molecular complexity index is 1160. The van der Waals surface area contributed by atoms with Crippen LogP contribution >= 0.6 is 15.9 Å². The average Bonchev–Trinajstić information content (AvgIpc) is 3.25. The Morgan fingerprint density at radius 2 is 2.23 bits per heavy atom. The van der Waals surface area contributed by atoms with Gasteiger partial charge in [-0.3, -0.25) is 4.79 Å². The smallest absolute Gasteiger partial charge is 0.274 e. The number of hydrogen-bond acceptors (Lipinski definition) is 4. The summed E-state index contributed by atoms with van der Waals surface area (Å²) in [7, 11) is 0. The zero-order chi connectivity index (χ0) is 17.8. The van der Waals surface area contributed by atoms with E-state index in [9.17, 15) is 4.79 Å². The predicted molar refractivity (Wildman–Crippen MR) is 100 cm³/mol. The molecule has 1 aliphatic heterocycles. The Labute approximate surface area is 157 Å². The van der Waals surface area contributed by atoms with Crippen LogP contribution in [0.2, 0.25) is 0 Å². The van der Waals surface area contributed by atoms with Crippen molar-refractivity contribution >= 4 is 38.5 Å². The van der Waals surface area contributed by atoms with E-state index >= 15 is 0 Å². The van der Waals surface area contributed by atoms with Gasteiger partial charge in [-0.2, -0.15) is 5.10 Å². The maximum atomic E-state index is 13.1. The molecule has 26 heavy (non-hydrogen) atoms. The second-order valence-electron chi connectivity index (χ2n) is 6.54. The molecule has 0 saturated heterocycles. The van der Waals surface area contributed by atoms with Crippen molar-refractivity contribution in [2.45, 2.75) is 19.4 Å². The Hall–Kier alpha value is -2.67. The van der Waals surface area contributed by atoms with Crippen LogP contribution in [0.25, 0.3) is 16.6 Å². The van der Waals surface area contributed by atoms with Gasteiger partial charge in [0.1, 0.15) is 5.58 Å². The number of carbonyl (C=O) groups excluding carboxylic acids is 1. The number of fused-ring (bicyclic) bond motifs is 3. The van der Waals surface area contributed by atoms with E-state index in [0.29, 0.717) is 17.9 Å². The number of furan rings is 1.